The molecule has 0 saturated carbocycles. The highest BCUT2D eigenvalue weighted by atomic mass is 16.5. The van der Waals surface area contributed by atoms with E-state index in [1.807, 2.05) is 12.1 Å². The van der Waals surface area contributed by atoms with E-state index in [1.165, 1.54) is 30.4 Å². The van der Waals surface area contributed by atoms with Crippen LogP contribution in [0.3, 0.4) is 0 Å². The van der Waals surface area contributed by atoms with Crippen LogP contribution in [0, 0.1) is 0 Å². The first kappa shape index (κ1) is 14.2. The van der Waals surface area contributed by atoms with Crippen molar-refractivity contribution in [3.63, 3.8) is 0 Å². The molecule has 2 heteroatoms. The maximum atomic E-state index is 6.03. The molecule has 1 aliphatic heterocycles. The standard InChI is InChI=1S/C19H23NO/c1-3-4-9-14(2)20-19-15-10-5-7-12-17(15)21-18-13-8-6-11-16(18)19/h5-8,10-14,19-20H,3-4,9H2,1-2H3. The number of ether oxygens (including phenoxy) is 1. The summed E-state index contributed by atoms with van der Waals surface area (Å²) < 4.78 is 6.03. The van der Waals surface area contributed by atoms with Crippen LogP contribution in [0.5, 0.6) is 11.5 Å². The summed E-state index contributed by atoms with van der Waals surface area (Å²) in [6.45, 7) is 4.52. The zero-order valence-electron chi connectivity index (χ0n) is 12.8. The van der Waals surface area contributed by atoms with Gasteiger partial charge >= 0.3 is 0 Å². The van der Waals surface area contributed by atoms with Crippen molar-refractivity contribution in [1.29, 1.82) is 0 Å². The Morgan fingerprint density at radius 3 is 2.14 bits per heavy atom. The van der Waals surface area contributed by atoms with Crippen molar-refractivity contribution in [1.82, 2.24) is 5.32 Å². The first-order valence-electron chi connectivity index (χ1n) is 7.91. The topological polar surface area (TPSA) is 21.3 Å². The van der Waals surface area contributed by atoms with Crippen LogP contribution in [0.15, 0.2) is 48.5 Å². The third-order valence-corrected chi connectivity index (χ3v) is 4.12. The van der Waals surface area contributed by atoms with Gasteiger partial charge in [0.25, 0.3) is 0 Å². The van der Waals surface area contributed by atoms with Crippen molar-refractivity contribution in [3.05, 3.63) is 59.7 Å². The average molecular weight is 281 g/mol. The summed E-state index contributed by atoms with van der Waals surface area (Å²) in [5.41, 5.74) is 2.47. The quantitative estimate of drug-likeness (QED) is 0.828. The van der Waals surface area contributed by atoms with Crippen LogP contribution in [0.25, 0.3) is 0 Å². The average Bonchev–Trinajstić information content (AvgIpc) is 2.52. The molecular weight excluding hydrogens is 258 g/mol. The molecular formula is C19H23NO. The number of hydrogen-bond donors (Lipinski definition) is 1. The summed E-state index contributed by atoms with van der Waals surface area (Å²) in [5.74, 6) is 1.94. The molecule has 0 aromatic heterocycles. The zero-order chi connectivity index (χ0) is 14.7. The van der Waals surface area contributed by atoms with Crippen molar-refractivity contribution in [2.75, 3.05) is 0 Å². The summed E-state index contributed by atoms with van der Waals surface area (Å²) in [7, 11) is 0. The van der Waals surface area contributed by atoms with E-state index in [2.05, 4.69) is 55.6 Å². The largest absolute Gasteiger partial charge is 0.457 e. The van der Waals surface area contributed by atoms with Gasteiger partial charge in [0.05, 0.1) is 6.04 Å². The minimum absolute atomic E-state index is 0.220. The molecule has 1 N–H and O–H groups in total. The van der Waals surface area contributed by atoms with Crippen molar-refractivity contribution >= 4 is 0 Å². The molecule has 1 aliphatic rings. The third kappa shape index (κ3) is 2.96. The Balaban J connectivity index is 1.91. The molecule has 21 heavy (non-hydrogen) atoms. The molecule has 2 aromatic rings. The SMILES string of the molecule is CCCCC(C)NC1c2ccccc2Oc2ccccc21. The Bertz CT molecular complexity index is 563. The number of para-hydroxylation sites is 2. The van der Waals surface area contributed by atoms with E-state index in [1.54, 1.807) is 0 Å². The predicted molar refractivity (Wildman–Crippen MR) is 86.9 cm³/mol. The summed E-state index contributed by atoms with van der Waals surface area (Å²) >= 11 is 0. The third-order valence-electron chi connectivity index (χ3n) is 4.12. The Kier molecular flexibility index (Phi) is 4.26. The fraction of sp³-hybridized carbons (Fsp3) is 0.368. The fourth-order valence-electron chi connectivity index (χ4n) is 2.97. The lowest BCUT2D eigenvalue weighted by Crippen LogP contribution is -2.32. The monoisotopic (exact) mass is 281 g/mol. The maximum absolute atomic E-state index is 6.03. The normalized spacial score (nSPS) is 15.0. The molecule has 1 atom stereocenters. The van der Waals surface area contributed by atoms with E-state index < -0.39 is 0 Å². The van der Waals surface area contributed by atoms with E-state index >= 15 is 0 Å². The highest BCUT2D eigenvalue weighted by molar-refractivity contribution is 5.52. The summed E-state index contributed by atoms with van der Waals surface area (Å²) in [4.78, 5) is 0. The maximum Gasteiger partial charge on any atom is 0.132 e. The lowest BCUT2D eigenvalue weighted by Gasteiger charge is -2.31. The van der Waals surface area contributed by atoms with Gasteiger partial charge in [0.1, 0.15) is 11.5 Å². The molecule has 0 bridgehead atoms. The van der Waals surface area contributed by atoms with Crippen LogP contribution in [0.4, 0.5) is 0 Å². The number of fused-ring (bicyclic) bond motifs is 2. The first-order chi connectivity index (χ1) is 10.3. The second kappa shape index (κ2) is 6.31. The minimum atomic E-state index is 0.220. The lowest BCUT2D eigenvalue weighted by molar-refractivity contribution is 0.399. The molecule has 0 saturated heterocycles. The van der Waals surface area contributed by atoms with E-state index in [0.29, 0.717) is 6.04 Å². The molecule has 0 radical (unpaired) electrons. The van der Waals surface area contributed by atoms with Gasteiger partial charge < -0.3 is 10.1 Å². The molecule has 1 heterocycles. The van der Waals surface area contributed by atoms with E-state index in [0.717, 1.165) is 11.5 Å². The van der Waals surface area contributed by atoms with Gasteiger partial charge in [-0.15, -0.1) is 0 Å². The molecule has 0 aliphatic carbocycles. The molecule has 2 aromatic carbocycles. The number of benzene rings is 2. The Morgan fingerprint density at radius 2 is 1.57 bits per heavy atom. The van der Waals surface area contributed by atoms with Crippen LogP contribution < -0.4 is 10.1 Å². The molecule has 0 fully saturated rings. The first-order valence-corrected chi connectivity index (χ1v) is 7.91. The summed E-state index contributed by atoms with van der Waals surface area (Å²) in [6, 6.07) is 17.4. The second-order valence-electron chi connectivity index (χ2n) is 5.82. The van der Waals surface area contributed by atoms with Gasteiger partial charge in [0, 0.05) is 17.2 Å². The van der Waals surface area contributed by atoms with Crippen LogP contribution in [0.1, 0.15) is 50.3 Å². The van der Waals surface area contributed by atoms with Gasteiger partial charge in [-0.2, -0.15) is 0 Å². The highest BCUT2D eigenvalue weighted by Gasteiger charge is 2.27. The Hall–Kier alpha value is -1.80. The molecule has 110 valence electrons. The number of rotatable bonds is 5. The molecule has 2 nitrogen and oxygen atoms in total. The summed E-state index contributed by atoms with van der Waals surface area (Å²) in [5, 5.41) is 3.79. The van der Waals surface area contributed by atoms with Gasteiger partial charge in [-0.3, -0.25) is 0 Å². The van der Waals surface area contributed by atoms with Crippen molar-refractivity contribution in [2.24, 2.45) is 0 Å². The van der Waals surface area contributed by atoms with E-state index in [4.69, 9.17) is 4.74 Å². The molecule has 1 unspecified atom stereocenters. The van der Waals surface area contributed by atoms with Crippen LogP contribution in [-0.2, 0) is 0 Å². The van der Waals surface area contributed by atoms with Gasteiger partial charge in [-0.05, 0) is 25.5 Å². The van der Waals surface area contributed by atoms with Crippen molar-refractivity contribution < 1.29 is 4.74 Å². The second-order valence-corrected chi connectivity index (χ2v) is 5.82. The zero-order valence-corrected chi connectivity index (χ0v) is 12.8. The lowest BCUT2D eigenvalue weighted by atomic mass is 9.93. The number of hydrogen-bond acceptors (Lipinski definition) is 2. The molecule has 0 amide bonds. The Morgan fingerprint density at radius 1 is 1.00 bits per heavy atom. The molecule has 3 rings (SSSR count). The van der Waals surface area contributed by atoms with E-state index in [9.17, 15) is 0 Å². The summed E-state index contributed by atoms with van der Waals surface area (Å²) in [6.07, 6.45) is 3.71. The van der Waals surface area contributed by atoms with Crippen molar-refractivity contribution in [3.8, 4) is 11.5 Å². The fourth-order valence-corrected chi connectivity index (χ4v) is 2.97. The van der Waals surface area contributed by atoms with E-state index in [-0.39, 0.29) is 6.04 Å². The highest BCUT2D eigenvalue weighted by Crippen LogP contribution is 2.42. The van der Waals surface area contributed by atoms with Crippen molar-refractivity contribution in [2.45, 2.75) is 45.2 Å². The van der Waals surface area contributed by atoms with Gasteiger partial charge in [0.2, 0.25) is 0 Å². The minimum Gasteiger partial charge on any atom is -0.457 e. The number of nitrogens with one attached hydrogen (secondary N) is 1. The van der Waals surface area contributed by atoms with Gasteiger partial charge in [-0.25, -0.2) is 0 Å². The molecule has 0 spiro atoms. The van der Waals surface area contributed by atoms with Crippen LogP contribution in [0.2, 0.25) is 0 Å². The predicted octanol–water partition coefficient (Wildman–Crippen LogP) is 5.05. The smallest absolute Gasteiger partial charge is 0.132 e. The van der Waals surface area contributed by atoms with Crippen LogP contribution in [-0.4, -0.2) is 6.04 Å². The van der Waals surface area contributed by atoms with Crippen LogP contribution >= 0.6 is 0 Å². The Labute approximate surface area is 127 Å². The van der Waals surface area contributed by atoms with Gasteiger partial charge in [0.15, 0.2) is 0 Å². The van der Waals surface area contributed by atoms with Gasteiger partial charge in [-0.1, -0.05) is 56.2 Å². The number of unbranched alkanes of at least 4 members (excludes halogenated alkanes) is 1.